The number of likely N-dealkylation sites (tertiary alicyclic amines) is 1. The van der Waals surface area contributed by atoms with Crippen LogP contribution in [0.3, 0.4) is 0 Å². The van der Waals surface area contributed by atoms with Crippen LogP contribution in [-0.2, 0) is 6.54 Å². The first-order valence-corrected chi connectivity index (χ1v) is 14.9. The number of hydrogen-bond donors (Lipinski definition) is 2. The molecular weight excluding hydrogens is 536 g/mol. The molecule has 0 aliphatic carbocycles. The van der Waals surface area contributed by atoms with Gasteiger partial charge in [-0.1, -0.05) is 36.4 Å². The van der Waals surface area contributed by atoms with E-state index in [2.05, 4.69) is 32.7 Å². The average molecular weight is 573 g/mol. The van der Waals surface area contributed by atoms with Gasteiger partial charge in [0.15, 0.2) is 0 Å². The summed E-state index contributed by atoms with van der Waals surface area (Å²) in [5.74, 6) is -0.0605. The van der Waals surface area contributed by atoms with Gasteiger partial charge < -0.3 is 15.5 Å². The Labute approximate surface area is 251 Å². The number of carbonyl (C=O) groups excluding carboxylic acids is 1. The number of fused-ring (bicyclic) bond motifs is 1. The molecule has 0 unspecified atom stereocenters. The van der Waals surface area contributed by atoms with Crippen molar-refractivity contribution in [3.8, 4) is 22.4 Å². The number of nitrogens with zero attached hydrogens (tertiary/aromatic N) is 4. The second kappa shape index (κ2) is 12.6. The van der Waals surface area contributed by atoms with Gasteiger partial charge in [0.05, 0.1) is 11.2 Å². The molecule has 5 aromatic rings. The summed E-state index contributed by atoms with van der Waals surface area (Å²) in [5.41, 5.74) is 5.99. The van der Waals surface area contributed by atoms with Crippen molar-refractivity contribution in [2.45, 2.75) is 38.8 Å². The normalized spacial score (nSPS) is 15.1. The van der Waals surface area contributed by atoms with Crippen LogP contribution >= 0.6 is 0 Å². The van der Waals surface area contributed by atoms with Gasteiger partial charge in [-0.05, 0) is 99.4 Å². The Bertz CT molecular complexity index is 1830. The quantitative estimate of drug-likeness (QED) is 0.222. The zero-order valence-corrected chi connectivity index (χ0v) is 24.6. The summed E-state index contributed by atoms with van der Waals surface area (Å²) in [7, 11) is 2.16. The fourth-order valence-electron chi connectivity index (χ4n) is 5.84. The van der Waals surface area contributed by atoms with Gasteiger partial charge in [-0.15, -0.1) is 0 Å². The molecule has 1 saturated heterocycles. The molecule has 218 valence electrons. The maximum absolute atomic E-state index is 13.3. The summed E-state index contributed by atoms with van der Waals surface area (Å²) >= 11 is 0. The van der Waals surface area contributed by atoms with Gasteiger partial charge in [-0.25, -0.2) is 4.68 Å². The topological polar surface area (TPSA) is 92.2 Å². The number of hydrogen-bond acceptors (Lipinski definition) is 6. The number of pyridine rings is 1. The van der Waals surface area contributed by atoms with E-state index in [1.807, 2.05) is 85.8 Å². The number of benzene rings is 3. The Balaban J connectivity index is 1.25. The number of aryl methyl sites for hydroxylation is 1. The molecule has 1 fully saturated rings. The molecule has 2 N–H and O–H groups in total. The van der Waals surface area contributed by atoms with Crippen molar-refractivity contribution in [2.75, 3.05) is 25.5 Å². The molecule has 8 heteroatoms. The smallest absolute Gasteiger partial charge is 0.290 e. The third-order valence-electron chi connectivity index (χ3n) is 8.24. The first-order chi connectivity index (χ1) is 21.0. The van der Waals surface area contributed by atoms with Gasteiger partial charge >= 0.3 is 0 Å². The predicted octanol–water partition coefficient (Wildman–Crippen LogP) is 6.10. The highest BCUT2D eigenvalue weighted by atomic mass is 16.1. The van der Waals surface area contributed by atoms with E-state index in [9.17, 15) is 9.59 Å². The number of aromatic nitrogens is 3. The fourth-order valence-corrected chi connectivity index (χ4v) is 5.84. The lowest BCUT2D eigenvalue weighted by molar-refractivity contribution is 0.0950. The summed E-state index contributed by atoms with van der Waals surface area (Å²) in [4.78, 5) is 33.0. The van der Waals surface area contributed by atoms with Gasteiger partial charge in [0.25, 0.3) is 11.5 Å². The second-order valence-corrected chi connectivity index (χ2v) is 11.0. The molecular formula is C35H36N6O2. The van der Waals surface area contributed by atoms with Crippen molar-refractivity contribution in [1.82, 2.24) is 25.0 Å². The Morgan fingerprint density at radius 3 is 2.53 bits per heavy atom. The van der Waals surface area contributed by atoms with Crippen LogP contribution in [0.1, 0.15) is 36.5 Å². The molecule has 6 rings (SSSR count). The molecule has 3 aromatic carbocycles. The van der Waals surface area contributed by atoms with Crippen LogP contribution in [0.25, 0.3) is 33.3 Å². The van der Waals surface area contributed by atoms with Crippen molar-refractivity contribution in [3.05, 3.63) is 107 Å². The number of nitrogens with one attached hydrogen (secondary N) is 2. The fraction of sp³-hybridized carbons (Fsp3) is 0.257. The van der Waals surface area contributed by atoms with Crippen molar-refractivity contribution in [2.24, 2.45) is 0 Å². The van der Waals surface area contributed by atoms with E-state index in [-0.39, 0.29) is 11.5 Å². The monoisotopic (exact) mass is 572 g/mol. The van der Waals surface area contributed by atoms with E-state index in [0.29, 0.717) is 36.1 Å². The number of amides is 1. The van der Waals surface area contributed by atoms with Crippen molar-refractivity contribution >= 4 is 28.2 Å². The minimum Gasteiger partial charge on any atom is -0.352 e. The van der Waals surface area contributed by atoms with Crippen LogP contribution in [0.15, 0.2) is 95.9 Å². The van der Waals surface area contributed by atoms with Crippen molar-refractivity contribution in [1.29, 1.82) is 0 Å². The molecule has 0 radical (unpaired) electrons. The predicted molar refractivity (Wildman–Crippen MR) is 173 cm³/mol. The molecule has 0 spiro atoms. The molecule has 1 aliphatic rings. The van der Waals surface area contributed by atoms with Crippen molar-refractivity contribution < 1.29 is 4.79 Å². The first-order valence-electron chi connectivity index (χ1n) is 14.9. The van der Waals surface area contributed by atoms with Crippen LogP contribution in [0.4, 0.5) is 11.4 Å². The van der Waals surface area contributed by atoms with Crippen molar-refractivity contribution in [3.63, 3.8) is 0 Å². The minimum atomic E-state index is -0.193. The highest BCUT2D eigenvalue weighted by Crippen LogP contribution is 2.29. The van der Waals surface area contributed by atoms with Gasteiger partial charge in [-0.2, -0.15) is 5.10 Å². The summed E-state index contributed by atoms with van der Waals surface area (Å²) < 4.78 is 1.47. The van der Waals surface area contributed by atoms with Gasteiger partial charge in [0.2, 0.25) is 0 Å². The zero-order valence-electron chi connectivity index (χ0n) is 24.6. The van der Waals surface area contributed by atoms with Crippen LogP contribution in [0.5, 0.6) is 0 Å². The molecule has 3 heterocycles. The lowest BCUT2D eigenvalue weighted by Crippen LogP contribution is -2.31. The maximum Gasteiger partial charge on any atom is 0.290 e. The SMILES string of the molecule is CCn1nc(-c2cccc(-c3cccc(C(=O)NCC[C@H]4CCCN4C)c3)c2)cc(Nc2cccc3ncccc23)c1=O. The highest BCUT2D eigenvalue weighted by Gasteiger charge is 2.20. The molecule has 1 amide bonds. The van der Waals surface area contributed by atoms with Crippen LogP contribution in [-0.4, -0.2) is 51.8 Å². The Morgan fingerprint density at radius 1 is 0.930 bits per heavy atom. The maximum atomic E-state index is 13.3. The molecule has 43 heavy (non-hydrogen) atoms. The van der Waals surface area contributed by atoms with Gasteiger partial charge in [0.1, 0.15) is 5.69 Å². The molecule has 1 aliphatic heterocycles. The van der Waals surface area contributed by atoms with Gasteiger partial charge in [-0.3, -0.25) is 14.6 Å². The summed E-state index contributed by atoms with van der Waals surface area (Å²) in [5, 5.41) is 12.0. The third-order valence-corrected chi connectivity index (χ3v) is 8.24. The molecule has 1 atom stereocenters. The van der Waals surface area contributed by atoms with E-state index < -0.39 is 0 Å². The highest BCUT2D eigenvalue weighted by molar-refractivity contribution is 5.95. The van der Waals surface area contributed by atoms with E-state index in [1.165, 1.54) is 17.5 Å². The van der Waals surface area contributed by atoms with Crippen LogP contribution in [0, 0.1) is 0 Å². The number of rotatable bonds is 9. The second-order valence-electron chi connectivity index (χ2n) is 11.0. The van der Waals surface area contributed by atoms with Crippen LogP contribution < -0.4 is 16.2 Å². The van der Waals surface area contributed by atoms with E-state index >= 15 is 0 Å². The largest absolute Gasteiger partial charge is 0.352 e. The van der Waals surface area contributed by atoms with Gasteiger partial charge in [0, 0.05) is 47.5 Å². The third kappa shape index (κ3) is 6.20. The summed E-state index contributed by atoms with van der Waals surface area (Å²) in [6, 6.07) is 27.8. The molecule has 2 aromatic heterocycles. The Morgan fingerprint density at radius 2 is 1.72 bits per heavy atom. The minimum absolute atomic E-state index is 0.0605. The van der Waals surface area contributed by atoms with E-state index in [4.69, 9.17) is 0 Å². The Kier molecular flexibility index (Phi) is 8.29. The lowest BCUT2D eigenvalue weighted by atomic mass is 9.99. The molecule has 0 bridgehead atoms. The molecule has 0 saturated carbocycles. The Hall–Kier alpha value is -4.82. The zero-order chi connectivity index (χ0) is 29.8. The van der Waals surface area contributed by atoms with E-state index in [1.54, 1.807) is 12.3 Å². The first kappa shape index (κ1) is 28.3. The standard InChI is InChI=1S/C35H36N6O2/c1-3-41-35(43)33(38-31-16-6-15-30-29(31)14-7-18-36-30)23-32(39-41)26-11-4-9-24(21-26)25-10-5-12-27(22-25)34(42)37-19-17-28-13-8-20-40(28)2/h4-7,9-12,14-16,18,21-23,28,38H,3,8,13,17,19-20H2,1-2H3,(H,37,42)/t28-/m1/s1. The summed E-state index contributed by atoms with van der Waals surface area (Å²) in [6.07, 6.45) is 5.14. The van der Waals surface area contributed by atoms with Crippen LogP contribution in [0.2, 0.25) is 0 Å². The number of anilines is 2. The van der Waals surface area contributed by atoms with E-state index in [0.717, 1.165) is 46.2 Å². The lowest BCUT2D eigenvalue weighted by Gasteiger charge is -2.19. The molecule has 8 nitrogen and oxygen atoms in total. The average Bonchev–Trinajstić information content (AvgIpc) is 3.46. The number of carbonyl (C=O) groups is 1. The summed E-state index contributed by atoms with van der Waals surface area (Å²) in [6.45, 7) is 4.14.